The third-order valence-electron chi connectivity index (χ3n) is 2.54. The van der Waals surface area contributed by atoms with Crippen LogP contribution in [0.2, 0.25) is 0 Å². The average molecular weight is 234 g/mol. The van der Waals surface area contributed by atoms with Gasteiger partial charge in [-0.1, -0.05) is 0 Å². The minimum Gasteiger partial charge on any atom is -0.395 e. The van der Waals surface area contributed by atoms with Gasteiger partial charge in [0.25, 0.3) is 5.91 Å². The first-order valence-electron chi connectivity index (χ1n) is 5.14. The van der Waals surface area contributed by atoms with Gasteiger partial charge in [0.1, 0.15) is 5.82 Å². The minimum absolute atomic E-state index is 0.219. The summed E-state index contributed by atoms with van der Waals surface area (Å²) in [5.41, 5.74) is 6.99. The van der Waals surface area contributed by atoms with Gasteiger partial charge in [0.05, 0.1) is 17.9 Å². The molecular weight excluding hydrogens is 220 g/mol. The quantitative estimate of drug-likeness (QED) is 0.693. The van der Waals surface area contributed by atoms with Crippen LogP contribution in [0.5, 0.6) is 0 Å². The fourth-order valence-corrected chi connectivity index (χ4v) is 1.42. The number of anilines is 1. The van der Waals surface area contributed by atoms with Crippen molar-refractivity contribution < 1.29 is 4.79 Å². The van der Waals surface area contributed by atoms with E-state index < -0.39 is 0 Å². The number of nitrogen functional groups attached to an aromatic ring is 1. The number of aromatic nitrogens is 4. The lowest BCUT2D eigenvalue weighted by Gasteiger charge is -2.03. The van der Waals surface area contributed by atoms with Gasteiger partial charge in [-0.3, -0.25) is 9.89 Å². The molecule has 90 valence electrons. The van der Waals surface area contributed by atoms with Crippen LogP contribution in [0.25, 0.3) is 0 Å². The molecule has 0 aliphatic heterocycles. The van der Waals surface area contributed by atoms with Gasteiger partial charge < -0.3 is 15.6 Å². The second kappa shape index (κ2) is 4.28. The Morgan fingerprint density at radius 3 is 2.94 bits per heavy atom. The highest BCUT2D eigenvalue weighted by atomic mass is 16.1. The number of imidazole rings is 1. The number of hydrogen-bond acceptors (Lipinski definition) is 4. The number of H-pyrrole nitrogens is 1. The molecule has 2 aromatic heterocycles. The van der Waals surface area contributed by atoms with E-state index >= 15 is 0 Å². The van der Waals surface area contributed by atoms with E-state index in [2.05, 4.69) is 20.5 Å². The zero-order chi connectivity index (χ0) is 12.4. The molecule has 0 aliphatic carbocycles. The summed E-state index contributed by atoms with van der Waals surface area (Å²) in [6, 6.07) is 0. The first-order chi connectivity index (χ1) is 8.09. The molecule has 2 heterocycles. The number of hydrogen-bond donors (Lipinski definition) is 3. The second-order valence-electron chi connectivity index (χ2n) is 3.75. The lowest BCUT2D eigenvalue weighted by atomic mass is 10.3. The van der Waals surface area contributed by atoms with E-state index in [0.29, 0.717) is 17.9 Å². The molecular formula is C10H14N6O. The first-order valence-corrected chi connectivity index (χ1v) is 5.14. The largest absolute Gasteiger partial charge is 0.395 e. The van der Waals surface area contributed by atoms with Gasteiger partial charge in [0.2, 0.25) is 0 Å². The van der Waals surface area contributed by atoms with E-state index in [1.165, 1.54) is 0 Å². The Hall–Kier alpha value is -2.31. The summed E-state index contributed by atoms with van der Waals surface area (Å²) in [7, 11) is 1.86. The molecule has 0 aromatic carbocycles. The van der Waals surface area contributed by atoms with Gasteiger partial charge in [-0.25, -0.2) is 4.98 Å². The molecule has 0 radical (unpaired) electrons. The second-order valence-corrected chi connectivity index (χ2v) is 3.75. The molecule has 17 heavy (non-hydrogen) atoms. The Bertz CT molecular complexity index is 541. The van der Waals surface area contributed by atoms with Crippen molar-refractivity contribution in [2.24, 2.45) is 7.05 Å². The Kier molecular flexibility index (Phi) is 2.82. The van der Waals surface area contributed by atoms with Gasteiger partial charge in [-0.15, -0.1) is 0 Å². The zero-order valence-electron chi connectivity index (χ0n) is 9.69. The predicted molar refractivity (Wildman–Crippen MR) is 62.1 cm³/mol. The number of nitrogens with zero attached hydrogens (tertiary/aromatic N) is 3. The maximum absolute atomic E-state index is 11.8. The summed E-state index contributed by atoms with van der Waals surface area (Å²) < 4.78 is 1.83. The fraction of sp³-hybridized carbons (Fsp3) is 0.300. The number of rotatable bonds is 3. The van der Waals surface area contributed by atoms with Gasteiger partial charge in [-0.05, 0) is 6.92 Å². The number of carbonyl (C=O) groups excluding carboxylic acids is 1. The number of nitrogens with two attached hydrogens (primary N) is 1. The van der Waals surface area contributed by atoms with Crippen LogP contribution in [0.15, 0.2) is 12.4 Å². The molecule has 0 aliphatic rings. The van der Waals surface area contributed by atoms with Gasteiger partial charge in [0, 0.05) is 19.4 Å². The van der Waals surface area contributed by atoms with E-state index in [0.717, 1.165) is 5.82 Å². The minimum atomic E-state index is -0.310. The standard InChI is InChI=1S/C10H14N6O/c1-6-8(11)9(15-14-6)10(17)13-5-7-12-3-4-16(7)2/h3-4H,5,11H2,1-2H3,(H,13,17)(H,14,15). The lowest BCUT2D eigenvalue weighted by Crippen LogP contribution is -2.25. The van der Waals surface area contributed by atoms with Crippen molar-refractivity contribution in [2.45, 2.75) is 13.5 Å². The molecule has 7 heteroatoms. The van der Waals surface area contributed by atoms with Gasteiger partial charge in [-0.2, -0.15) is 5.10 Å². The molecule has 4 N–H and O–H groups in total. The lowest BCUT2D eigenvalue weighted by molar-refractivity contribution is 0.0945. The van der Waals surface area contributed by atoms with Gasteiger partial charge >= 0.3 is 0 Å². The molecule has 0 spiro atoms. The predicted octanol–water partition coefficient (Wildman–Crippen LogP) is -0.0362. The van der Waals surface area contributed by atoms with Gasteiger partial charge in [0.15, 0.2) is 5.69 Å². The number of aryl methyl sites for hydroxylation is 2. The van der Waals surface area contributed by atoms with Crippen LogP contribution in [0.3, 0.4) is 0 Å². The Labute approximate surface area is 98.0 Å². The molecule has 0 atom stereocenters. The zero-order valence-corrected chi connectivity index (χ0v) is 9.69. The van der Waals surface area contributed by atoms with E-state index in [1.54, 1.807) is 13.1 Å². The van der Waals surface area contributed by atoms with Crippen molar-refractivity contribution in [2.75, 3.05) is 5.73 Å². The molecule has 7 nitrogen and oxygen atoms in total. The molecule has 0 unspecified atom stereocenters. The molecule has 0 saturated heterocycles. The SMILES string of the molecule is Cc1[nH]nc(C(=O)NCc2nccn2C)c1N. The smallest absolute Gasteiger partial charge is 0.274 e. The van der Waals surface area contributed by atoms with Crippen molar-refractivity contribution in [3.63, 3.8) is 0 Å². The van der Waals surface area contributed by atoms with Crippen LogP contribution in [0.1, 0.15) is 22.0 Å². The number of aromatic amines is 1. The first kappa shape index (κ1) is 11.2. The van der Waals surface area contributed by atoms with Crippen molar-refractivity contribution >= 4 is 11.6 Å². The summed E-state index contributed by atoms with van der Waals surface area (Å²) in [4.78, 5) is 15.9. The monoisotopic (exact) mass is 234 g/mol. The number of amides is 1. The third kappa shape index (κ3) is 2.12. The summed E-state index contributed by atoms with van der Waals surface area (Å²) in [5, 5.41) is 9.23. The number of nitrogens with one attached hydrogen (secondary N) is 2. The highest BCUT2D eigenvalue weighted by molar-refractivity contribution is 5.97. The Balaban J connectivity index is 2.03. The van der Waals surface area contributed by atoms with E-state index in [1.807, 2.05) is 17.8 Å². The molecule has 2 rings (SSSR count). The van der Waals surface area contributed by atoms with E-state index in [9.17, 15) is 4.79 Å². The highest BCUT2D eigenvalue weighted by Gasteiger charge is 2.15. The van der Waals surface area contributed by atoms with Crippen molar-refractivity contribution in [1.29, 1.82) is 0 Å². The van der Waals surface area contributed by atoms with Crippen molar-refractivity contribution in [3.05, 3.63) is 29.6 Å². The molecule has 0 bridgehead atoms. The van der Waals surface area contributed by atoms with Crippen molar-refractivity contribution in [3.8, 4) is 0 Å². The molecule has 0 fully saturated rings. The van der Waals surface area contributed by atoms with Crippen LogP contribution in [-0.4, -0.2) is 25.7 Å². The van der Waals surface area contributed by atoms with Crippen LogP contribution in [0, 0.1) is 6.92 Å². The van der Waals surface area contributed by atoms with Crippen molar-refractivity contribution in [1.82, 2.24) is 25.1 Å². The Morgan fingerprint density at radius 1 is 1.65 bits per heavy atom. The van der Waals surface area contributed by atoms with Crippen LogP contribution in [0.4, 0.5) is 5.69 Å². The average Bonchev–Trinajstić information content (AvgIpc) is 2.84. The Morgan fingerprint density at radius 2 is 2.41 bits per heavy atom. The highest BCUT2D eigenvalue weighted by Crippen LogP contribution is 2.11. The summed E-state index contributed by atoms with van der Waals surface area (Å²) in [6.07, 6.45) is 3.49. The third-order valence-corrected chi connectivity index (χ3v) is 2.54. The summed E-state index contributed by atoms with van der Waals surface area (Å²) in [6.45, 7) is 2.10. The summed E-state index contributed by atoms with van der Waals surface area (Å²) >= 11 is 0. The maximum atomic E-state index is 11.8. The van der Waals surface area contributed by atoms with Crippen LogP contribution >= 0.6 is 0 Å². The normalized spacial score (nSPS) is 10.5. The van der Waals surface area contributed by atoms with E-state index in [4.69, 9.17) is 5.73 Å². The molecule has 1 amide bonds. The van der Waals surface area contributed by atoms with E-state index in [-0.39, 0.29) is 11.6 Å². The number of carbonyl (C=O) groups is 1. The molecule has 2 aromatic rings. The molecule has 0 saturated carbocycles. The van der Waals surface area contributed by atoms with Crippen LogP contribution < -0.4 is 11.1 Å². The summed E-state index contributed by atoms with van der Waals surface area (Å²) in [5.74, 6) is 0.457. The topological polar surface area (TPSA) is 102 Å². The van der Waals surface area contributed by atoms with Crippen LogP contribution in [-0.2, 0) is 13.6 Å². The maximum Gasteiger partial charge on any atom is 0.274 e. The fourth-order valence-electron chi connectivity index (χ4n) is 1.42.